The van der Waals surface area contributed by atoms with E-state index in [2.05, 4.69) is 21.9 Å². The van der Waals surface area contributed by atoms with Gasteiger partial charge in [-0.15, -0.1) is 0 Å². The second kappa shape index (κ2) is 8.46. The van der Waals surface area contributed by atoms with Gasteiger partial charge < -0.3 is 19.1 Å². The molecule has 0 radical (unpaired) electrons. The Labute approximate surface area is 160 Å². The minimum atomic E-state index is 0.114. The Balaban J connectivity index is 1.27. The maximum absolute atomic E-state index is 12.1. The monoisotopic (exact) mass is 375 g/mol. The highest BCUT2D eigenvalue weighted by Crippen LogP contribution is 2.33. The molecule has 148 valence electrons. The third kappa shape index (κ3) is 4.36. The fraction of sp³-hybridized carbons (Fsp3) is 0.650. The number of carbonyl (C=O) groups excluding carboxylic acids is 1. The Morgan fingerprint density at radius 2 is 1.96 bits per heavy atom. The van der Waals surface area contributed by atoms with Crippen LogP contribution < -0.4 is 9.47 Å². The molecular weight excluding hydrogens is 346 g/mol. The lowest BCUT2D eigenvalue weighted by Crippen LogP contribution is -2.55. The molecule has 3 aliphatic heterocycles. The lowest BCUT2D eigenvalue weighted by Gasteiger charge is -2.43. The Hall–Kier alpha value is -1.83. The molecular formula is C20H29N3O4. The van der Waals surface area contributed by atoms with Crippen LogP contribution in [0.5, 0.6) is 11.5 Å². The molecule has 4 rings (SSSR count). The van der Waals surface area contributed by atoms with Crippen LogP contribution in [-0.4, -0.2) is 86.4 Å². The molecule has 3 heterocycles. The minimum absolute atomic E-state index is 0.114. The smallest absolute Gasteiger partial charge is 0.248 e. The van der Waals surface area contributed by atoms with Crippen molar-refractivity contribution in [2.75, 3.05) is 59.8 Å². The van der Waals surface area contributed by atoms with Gasteiger partial charge in [0.05, 0.1) is 0 Å². The fourth-order valence-corrected chi connectivity index (χ4v) is 4.28. The van der Waals surface area contributed by atoms with E-state index >= 15 is 0 Å². The van der Waals surface area contributed by atoms with E-state index in [1.165, 1.54) is 12.0 Å². The molecule has 0 saturated carbocycles. The van der Waals surface area contributed by atoms with E-state index < -0.39 is 0 Å². The molecule has 7 nitrogen and oxygen atoms in total. The van der Waals surface area contributed by atoms with Crippen LogP contribution in [0.25, 0.3) is 0 Å². The number of likely N-dealkylation sites (tertiary alicyclic amines) is 1. The van der Waals surface area contributed by atoms with E-state index in [1.54, 1.807) is 7.11 Å². The van der Waals surface area contributed by atoms with Crippen LogP contribution in [-0.2, 0) is 16.1 Å². The zero-order valence-corrected chi connectivity index (χ0v) is 16.1. The molecule has 1 aromatic carbocycles. The number of benzene rings is 1. The summed E-state index contributed by atoms with van der Waals surface area (Å²) >= 11 is 0. The molecule has 1 atom stereocenters. The van der Waals surface area contributed by atoms with Crippen molar-refractivity contribution in [3.05, 3.63) is 23.8 Å². The normalized spacial score (nSPS) is 23.6. The van der Waals surface area contributed by atoms with Crippen LogP contribution in [0, 0.1) is 0 Å². The van der Waals surface area contributed by atoms with Crippen molar-refractivity contribution in [3.8, 4) is 11.5 Å². The average molecular weight is 375 g/mol. The predicted molar refractivity (Wildman–Crippen MR) is 101 cm³/mol. The molecule has 1 amide bonds. The standard InChI is InChI=1S/C20H29N3O4/c1-25-14-20(24)23-6-2-3-17(13-23)22-9-7-21(8-10-22)12-16-4-5-18-19(11-16)27-15-26-18/h4-5,11,17H,2-3,6-10,12-15H2,1H3/t17-/m0/s1. The topological polar surface area (TPSA) is 54.5 Å². The van der Waals surface area contributed by atoms with Crippen LogP contribution >= 0.6 is 0 Å². The van der Waals surface area contributed by atoms with Gasteiger partial charge in [0.1, 0.15) is 6.61 Å². The van der Waals surface area contributed by atoms with Crippen molar-refractivity contribution in [1.29, 1.82) is 0 Å². The summed E-state index contributed by atoms with van der Waals surface area (Å²) in [6.07, 6.45) is 2.26. The Kier molecular flexibility index (Phi) is 5.80. The van der Waals surface area contributed by atoms with Crippen LogP contribution in [0.1, 0.15) is 18.4 Å². The van der Waals surface area contributed by atoms with E-state index in [4.69, 9.17) is 14.2 Å². The van der Waals surface area contributed by atoms with Crippen LogP contribution in [0.15, 0.2) is 18.2 Å². The molecule has 27 heavy (non-hydrogen) atoms. The third-order valence-electron chi connectivity index (χ3n) is 5.78. The average Bonchev–Trinajstić information content (AvgIpc) is 3.17. The molecule has 1 aromatic rings. The molecule has 2 saturated heterocycles. The van der Waals surface area contributed by atoms with Gasteiger partial charge in [-0.05, 0) is 30.5 Å². The Morgan fingerprint density at radius 3 is 2.78 bits per heavy atom. The quantitative estimate of drug-likeness (QED) is 0.770. The summed E-state index contributed by atoms with van der Waals surface area (Å²) in [6, 6.07) is 6.70. The minimum Gasteiger partial charge on any atom is -0.454 e. The van der Waals surface area contributed by atoms with Crippen molar-refractivity contribution in [3.63, 3.8) is 0 Å². The highest BCUT2D eigenvalue weighted by molar-refractivity contribution is 5.77. The zero-order chi connectivity index (χ0) is 18.6. The van der Waals surface area contributed by atoms with Crippen molar-refractivity contribution >= 4 is 5.91 Å². The number of rotatable bonds is 5. The Morgan fingerprint density at radius 1 is 1.15 bits per heavy atom. The second-order valence-corrected chi connectivity index (χ2v) is 7.57. The molecule has 2 fully saturated rings. The summed E-state index contributed by atoms with van der Waals surface area (Å²) in [7, 11) is 1.58. The molecule has 0 N–H and O–H groups in total. The van der Waals surface area contributed by atoms with Crippen molar-refractivity contribution in [2.45, 2.75) is 25.4 Å². The van der Waals surface area contributed by atoms with Crippen LogP contribution in [0.3, 0.4) is 0 Å². The summed E-state index contributed by atoms with van der Waals surface area (Å²) in [5.74, 6) is 1.81. The molecule has 0 aliphatic carbocycles. The van der Waals surface area contributed by atoms with Crippen molar-refractivity contribution in [1.82, 2.24) is 14.7 Å². The van der Waals surface area contributed by atoms with E-state index in [9.17, 15) is 4.79 Å². The second-order valence-electron chi connectivity index (χ2n) is 7.57. The number of carbonyl (C=O) groups is 1. The zero-order valence-electron chi connectivity index (χ0n) is 16.1. The third-order valence-corrected chi connectivity index (χ3v) is 5.78. The largest absolute Gasteiger partial charge is 0.454 e. The number of piperazine rings is 1. The van der Waals surface area contributed by atoms with Crippen LogP contribution in [0.4, 0.5) is 0 Å². The van der Waals surface area contributed by atoms with Gasteiger partial charge in [0.15, 0.2) is 11.5 Å². The number of ether oxygens (including phenoxy) is 3. The number of fused-ring (bicyclic) bond motifs is 1. The summed E-state index contributed by atoms with van der Waals surface area (Å²) in [6.45, 7) is 7.37. The molecule has 7 heteroatoms. The number of amides is 1. The first-order chi connectivity index (χ1) is 13.2. The van der Waals surface area contributed by atoms with Gasteiger partial charge in [0.25, 0.3) is 0 Å². The molecule has 0 spiro atoms. The summed E-state index contributed by atoms with van der Waals surface area (Å²) in [5.41, 5.74) is 1.27. The first-order valence-corrected chi connectivity index (χ1v) is 9.84. The number of nitrogens with zero attached hydrogens (tertiary/aromatic N) is 3. The van der Waals surface area contributed by atoms with Gasteiger partial charge in [0.2, 0.25) is 12.7 Å². The lowest BCUT2D eigenvalue weighted by molar-refractivity contribution is -0.137. The van der Waals surface area contributed by atoms with E-state index in [0.29, 0.717) is 12.8 Å². The van der Waals surface area contributed by atoms with Gasteiger partial charge in [-0.3, -0.25) is 14.6 Å². The highest BCUT2D eigenvalue weighted by atomic mass is 16.7. The van der Waals surface area contributed by atoms with Crippen molar-refractivity contribution in [2.24, 2.45) is 0 Å². The van der Waals surface area contributed by atoms with Gasteiger partial charge in [-0.25, -0.2) is 0 Å². The SMILES string of the molecule is COCC(=O)N1CCC[C@H](N2CCN(Cc3ccc4c(c3)OCO4)CC2)C1. The molecule has 0 aromatic heterocycles. The van der Waals surface area contributed by atoms with Gasteiger partial charge in [-0.2, -0.15) is 0 Å². The molecule has 0 unspecified atom stereocenters. The number of hydrogen-bond donors (Lipinski definition) is 0. The summed E-state index contributed by atoms with van der Waals surface area (Å²) in [5, 5.41) is 0. The number of hydrogen-bond acceptors (Lipinski definition) is 6. The first kappa shape index (κ1) is 18.5. The van der Waals surface area contributed by atoms with Gasteiger partial charge >= 0.3 is 0 Å². The van der Waals surface area contributed by atoms with Gasteiger partial charge in [0, 0.05) is 59.0 Å². The predicted octanol–water partition coefficient (Wildman–Crippen LogP) is 1.17. The van der Waals surface area contributed by atoms with E-state index in [1.807, 2.05) is 11.0 Å². The Bertz CT molecular complexity index is 661. The molecule has 0 bridgehead atoms. The summed E-state index contributed by atoms with van der Waals surface area (Å²) in [4.78, 5) is 19.1. The number of piperidine rings is 1. The van der Waals surface area contributed by atoms with E-state index in [0.717, 1.165) is 63.7 Å². The van der Waals surface area contributed by atoms with Crippen LogP contribution in [0.2, 0.25) is 0 Å². The maximum atomic E-state index is 12.1. The summed E-state index contributed by atoms with van der Waals surface area (Å²) < 4.78 is 15.9. The van der Waals surface area contributed by atoms with Crippen molar-refractivity contribution < 1.29 is 19.0 Å². The lowest BCUT2D eigenvalue weighted by atomic mass is 10.0. The van der Waals surface area contributed by atoms with Gasteiger partial charge in [-0.1, -0.05) is 6.07 Å². The van der Waals surface area contributed by atoms with E-state index in [-0.39, 0.29) is 12.5 Å². The highest BCUT2D eigenvalue weighted by Gasteiger charge is 2.30. The number of methoxy groups -OCH3 is 1. The fourth-order valence-electron chi connectivity index (χ4n) is 4.28. The first-order valence-electron chi connectivity index (χ1n) is 9.84. The molecule has 3 aliphatic rings. The maximum Gasteiger partial charge on any atom is 0.248 e.